The SMILES string of the molecule is COc1cccc2c1OCCC2C(=O)O. The number of carboxylic acids is 1. The summed E-state index contributed by atoms with van der Waals surface area (Å²) >= 11 is 0. The maximum Gasteiger partial charge on any atom is 0.311 e. The van der Waals surface area contributed by atoms with Gasteiger partial charge in [-0.05, 0) is 12.5 Å². The number of benzene rings is 1. The Balaban J connectivity index is 2.48. The summed E-state index contributed by atoms with van der Waals surface area (Å²) in [5, 5.41) is 9.05. The van der Waals surface area contributed by atoms with Crippen molar-refractivity contribution in [3.05, 3.63) is 23.8 Å². The van der Waals surface area contributed by atoms with E-state index in [4.69, 9.17) is 14.6 Å². The topological polar surface area (TPSA) is 55.8 Å². The summed E-state index contributed by atoms with van der Waals surface area (Å²) < 4.78 is 10.6. The fraction of sp³-hybridized carbons (Fsp3) is 0.364. The number of hydrogen-bond donors (Lipinski definition) is 1. The molecule has 1 aliphatic heterocycles. The van der Waals surface area contributed by atoms with Crippen LogP contribution >= 0.6 is 0 Å². The molecule has 0 saturated carbocycles. The van der Waals surface area contributed by atoms with E-state index in [1.807, 2.05) is 0 Å². The molecule has 0 aliphatic carbocycles. The minimum Gasteiger partial charge on any atom is -0.493 e. The van der Waals surface area contributed by atoms with Crippen LogP contribution in [0.3, 0.4) is 0 Å². The van der Waals surface area contributed by atoms with Crippen LogP contribution in [0.2, 0.25) is 0 Å². The zero-order valence-corrected chi connectivity index (χ0v) is 8.40. The van der Waals surface area contributed by atoms with E-state index in [-0.39, 0.29) is 0 Å². The number of ether oxygens (including phenoxy) is 2. The van der Waals surface area contributed by atoms with Gasteiger partial charge in [0, 0.05) is 5.56 Å². The van der Waals surface area contributed by atoms with Gasteiger partial charge in [-0.25, -0.2) is 0 Å². The molecule has 1 aliphatic rings. The number of carboxylic acid groups (broad SMARTS) is 1. The molecule has 2 rings (SSSR count). The minimum atomic E-state index is -0.812. The Kier molecular flexibility index (Phi) is 2.49. The molecule has 0 amide bonds. The number of carbonyl (C=O) groups is 1. The van der Waals surface area contributed by atoms with E-state index in [1.165, 1.54) is 0 Å². The van der Waals surface area contributed by atoms with Crippen molar-refractivity contribution in [2.75, 3.05) is 13.7 Å². The molecule has 1 heterocycles. The summed E-state index contributed by atoms with van der Waals surface area (Å²) in [6, 6.07) is 5.32. The Morgan fingerprint density at radius 3 is 3.07 bits per heavy atom. The average molecular weight is 208 g/mol. The summed E-state index contributed by atoms with van der Waals surface area (Å²) in [5.74, 6) is -0.131. The second kappa shape index (κ2) is 3.81. The normalized spacial score (nSPS) is 18.9. The van der Waals surface area contributed by atoms with Gasteiger partial charge in [-0.1, -0.05) is 12.1 Å². The lowest BCUT2D eigenvalue weighted by molar-refractivity contribution is -0.139. The first-order valence-corrected chi connectivity index (χ1v) is 4.76. The quantitative estimate of drug-likeness (QED) is 0.802. The molecule has 1 atom stereocenters. The first kappa shape index (κ1) is 9.83. The van der Waals surface area contributed by atoms with Crippen LogP contribution in [-0.4, -0.2) is 24.8 Å². The Bertz CT molecular complexity index is 386. The molecule has 1 aromatic rings. The molecule has 0 radical (unpaired) electrons. The second-order valence-corrected chi connectivity index (χ2v) is 3.41. The number of fused-ring (bicyclic) bond motifs is 1. The smallest absolute Gasteiger partial charge is 0.311 e. The van der Waals surface area contributed by atoms with Crippen LogP contribution in [0.4, 0.5) is 0 Å². The maximum absolute atomic E-state index is 11.0. The van der Waals surface area contributed by atoms with Gasteiger partial charge < -0.3 is 14.6 Å². The molecular formula is C11H12O4. The fourth-order valence-corrected chi connectivity index (χ4v) is 1.81. The molecule has 0 saturated heterocycles. The van der Waals surface area contributed by atoms with Gasteiger partial charge in [-0.15, -0.1) is 0 Å². The van der Waals surface area contributed by atoms with E-state index in [1.54, 1.807) is 25.3 Å². The molecule has 1 N–H and O–H groups in total. The van der Waals surface area contributed by atoms with Gasteiger partial charge in [0.05, 0.1) is 19.6 Å². The zero-order valence-electron chi connectivity index (χ0n) is 8.40. The largest absolute Gasteiger partial charge is 0.493 e. The van der Waals surface area contributed by atoms with E-state index in [0.29, 0.717) is 30.1 Å². The van der Waals surface area contributed by atoms with Crippen molar-refractivity contribution in [2.45, 2.75) is 12.3 Å². The zero-order chi connectivity index (χ0) is 10.8. The second-order valence-electron chi connectivity index (χ2n) is 3.41. The number of methoxy groups -OCH3 is 1. The third-order valence-corrected chi connectivity index (χ3v) is 2.56. The third-order valence-electron chi connectivity index (χ3n) is 2.56. The van der Waals surface area contributed by atoms with Crippen LogP contribution in [0, 0.1) is 0 Å². The molecule has 0 aromatic heterocycles. The summed E-state index contributed by atoms with van der Waals surface area (Å²) in [5.41, 5.74) is 0.702. The molecule has 1 aromatic carbocycles. The lowest BCUT2D eigenvalue weighted by Gasteiger charge is -2.24. The monoisotopic (exact) mass is 208 g/mol. The fourth-order valence-electron chi connectivity index (χ4n) is 1.81. The standard InChI is InChI=1S/C11H12O4/c1-14-9-4-2-3-7-8(11(12)13)5-6-15-10(7)9/h2-4,8H,5-6H2,1H3,(H,12,13). The Labute approximate surface area is 87.4 Å². The summed E-state index contributed by atoms with van der Waals surface area (Å²) in [7, 11) is 1.54. The Morgan fingerprint density at radius 1 is 1.60 bits per heavy atom. The molecule has 0 bridgehead atoms. The van der Waals surface area contributed by atoms with Crippen LogP contribution in [-0.2, 0) is 4.79 Å². The van der Waals surface area contributed by atoms with Crippen molar-refractivity contribution in [3.8, 4) is 11.5 Å². The maximum atomic E-state index is 11.0. The van der Waals surface area contributed by atoms with Crippen molar-refractivity contribution in [1.82, 2.24) is 0 Å². The molecule has 1 unspecified atom stereocenters. The highest BCUT2D eigenvalue weighted by Crippen LogP contribution is 2.40. The van der Waals surface area contributed by atoms with Crippen LogP contribution in [0.15, 0.2) is 18.2 Å². The molecule has 0 fully saturated rings. The van der Waals surface area contributed by atoms with Crippen molar-refractivity contribution in [3.63, 3.8) is 0 Å². The molecule has 4 heteroatoms. The van der Waals surface area contributed by atoms with Gasteiger partial charge in [0.1, 0.15) is 0 Å². The van der Waals surface area contributed by atoms with Crippen molar-refractivity contribution in [2.24, 2.45) is 0 Å². The van der Waals surface area contributed by atoms with Crippen LogP contribution in [0.1, 0.15) is 17.9 Å². The van der Waals surface area contributed by atoms with Gasteiger partial charge in [0.2, 0.25) is 0 Å². The highest BCUT2D eigenvalue weighted by atomic mass is 16.5. The van der Waals surface area contributed by atoms with Crippen molar-refractivity contribution in [1.29, 1.82) is 0 Å². The lowest BCUT2D eigenvalue weighted by Crippen LogP contribution is -2.21. The first-order chi connectivity index (χ1) is 7.24. The van der Waals surface area contributed by atoms with E-state index >= 15 is 0 Å². The summed E-state index contributed by atoms with van der Waals surface area (Å²) in [4.78, 5) is 11.0. The molecule has 0 spiro atoms. The highest BCUT2D eigenvalue weighted by Gasteiger charge is 2.29. The molecular weight excluding hydrogens is 196 g/mol. The van der Waals surface area contributed by atoms with E-state index in [2.05, 4.69) is 0 Å². The average Bonchev–Trinajstić information content (AvgIpc) is 2.27. The molecule has 15 heavy (non-hydrogen) atoms. The number of para-hydroxylation sites is 1. The van der Waals surface area contributed by atoms with Gasteiger partial charge in [-0.3, -0.25) is 4.79 Å². The van der Waals surface area contributed by atoms with Gasteiger partial charge >= 0.3 is 5.97 Å². The minimum absolute atomic E-state index is 0.421. The Morgan fingerprint density at radius 2 is 2.40 bits per heavy atom. The van der Waals surface area contributed by atoms with Gasteiger partial charge in [0.25, 0.3) is 0 Å². The predicted molar refractivity (Wildman–Crippen MR) is 53.5 cm³/mol. The van der Waals surface area contributed by atoms with E-state index in [0.717, 1.165) is 0 Å². The van der Waals surface area contributed by atoms with Crippen LogP contribution in [0.25, 0.3) is 0 Å². The Hall–Kier alpha value is -1.71. The van der Waals surface area contributed by atoms with Crippen molar-refractivity contribution < 1.29 is 19.4 Å². The number of aliphatic carboxylic acids is 1. The number of rotatable bonds is 2. The first-order valence-electron chi connectivity index (χ1n) is 4.76. The summed E-state index contributed by atoms with van der Waals surface area (Å²) in [6.07, 6.45) is 0.509. The molecule has 80 valence electrons. The highest BCUT2D eigenvalue weighted by molar-refractivity contribution is 5.78. The van der Waals surface area contributed by atoms with Gasteiger partial charge in [-0.2, -0.15) is 0 Å². The third kappa shape index (κ3) is 1.63. The van der Waals surface area contributed by atoms with Crippen LogP contribution in [0.5, 0.6) is 11.5 Å². The van der Waals surface area contributed by atoms with E-state index < -0.39 is 11.9 Å². The number of hydrogen-bond acceptors (Lipinski definition) is 3. The predicted octanol–water partition coefficient (Wildman–Crippen LogP) is 1.65. The summed E-state index contributed by atoms with van der Waals surface area (Å²) in [6.45, 7) is 0.421. The van der Waals surface area contributed by atoms with Crippen molar-refractivity contribution >= 4 is 5.97 Å². The van der Waals surface area contributed by atoms with E-state index in [9.17, 15) is 4.79 Å². The molecule has 4 nitrogen and oxygen atoms in total. The van der Waals surface area contributed by atoms with Crippen LogP contribution < -0.4 is 9.47 Å². The lowest BCUT2D eigenvalue weighted by atomic mass is 9.93. The van der Waals surface area contributed by atoms with Gasteiger partial charge in [0.15, 0.2) is 11.5 Å².